The summed E-state index contributed by atoms with van der Waals surface area (Å²) in [5.74, 6) is 0.431. The summed E-state index contributed by atoms with van der Waals surface area (Å²) in [6, 6.07) is 9.98. The molecule has 1 N–H and O–H groups in total. The Hall–Kier alpha value is -2.63. The van der Waals surface area contributed by atoms with Crippen LogP contribution >= 0.6 is 0 Å². The van der Waals surface area contributed by atoms with E-state index in [-0.39, 0.29) is 30.2 Å². The summed E-state index contributed by atoms with van der Waals surface area (Å²) in [5.41, 5.74) is 3.13. The average molecular weight is 352 g/mol. The van der Waals surface area contributed by atoms with Crippen molar-refractivity contribution in [3.63, 3.8) is 0 Å². The van der Waals surface area contributed by atoms with Gasteiger partial charge in [-0.25, -0.2) is 4.68 Å². The number of nitrogens with one attached hydrogen (secondary N) is 1. The second-order valence-corrected chi connectivity index (χ2v) is 7.40. The largest absolute Gasteiger partial charge is 0.339 e. The van der Waals surface area contributed by atoms with Crippen LogP contribution in [0, 0.1) is 5.92 Å². The van der Waals surface area contributed by atoms with Crippen molar-refractivity contribution in [3.05, 3.63) is 41.6 Å². The average Bonchev–Trinajstić information content (AvgIpc) is 3.31. The molecule has 136 valence electrons. The molecule has 2 aromatic rings. The molecule has 1 atom stereocenters. The van der Waals surface area contributed by atoms with E-state index in [0.29, 0.717) is 6.54 Å². The van der Waals surface area contributed by atoms with Crippen LogP contribution in [0.25, 0.3) is 5.69 Å². The number of amides is 2. The molecule has 0 bridgehead atoms. The number of anilines is 1. The van der Waals surface area contributed by atoms with E-state index < -0.39 is 0 Å². The quantitative estimate of drug-likeness (QED) is 0.919. The number of benzene rings is 1. The second kappa shape index (κ2) is 6.59. The summed E-state index contributed by atoms with van der Waals surface area (Å²) in [6.07, 6.45) is 3.23. The van der Waals surface area contributed by atoms with Crippen molar-refractivity contribution < 1.29 is 9.59 Å². The molecule has 0 saturated carbocycles. The zero-order valence-electron chi connectivity index (χ0n) is 15.2. The predicted molar refractivity (Wildman–Crippen MR) is 99.2 cm³/mol. The topological polar surface area (TPSA) is 67.2 Å². The lowest BCUT2D eigenvalue weighted by Gasteiger charge is -2.20. The normalized spacial score (nSPS) is 19.3. The molecule has 26 heavy (non-hydrogen) atoms. The zero-order valence-corrected chi connectivity index (χ0v) is 15.2. The molecular formula is C20H24N4O2. The van der Waals surface area contributed by atoms with Gasteiger partial charge in [-0.1, -0.05) is 18.2 Å². The van der Waals surface area contributed by atoms with Crippen LogP contribution in [0.5, 0.6) is 0 Å². The van der Waals surface area contributed by atoms with Gasteiger partial charge in [-0.3, -0.25) is 9.59 Å². The fraction of sp³-hybridized carbons (Fsp3) is 0.450. The molecule has 1 saturated heterocycles. The first-order valence-corrected chi connectivity index (χ1v) is 9.31. The van der Waals surface area contributed by atoms with E-state index in [1.807, 2.05) is 48.9 Å². The Morgan fingerprint density at radius 2 is 2.00 bits per heavy atom. The summed E-state index contributed by atoms with van der Waals surface area (Å²) in [7, 11) is 0. The maximum atomic E-state index is 12.9. The first-order valence-electron chi connectivity index (χ1n) is 9.31. The zero-order chi connectivity index (χ0) is 18.3. The lowest BCUT2D eigenvalue weighted by atomic mass is 10.1. The molecule has 1 aliphatic heterocycles. The summed E-state index contributed by atoms with van der Waals surface area (Å²) >= 11 is 0. The molecule has 6 heteroatoms. The van der Waals surface area contributed by atoms with Gasteiger partial charge < -0.3 is 10.2 Å². The van der Waals surface area contributed by atoms with Crippen LogP contribution in [0.3, 0.4) is 0 Å². The molecule has 1 aromatic heterocycles. The Balaban J connectivity index is 1.60. The van der Waals surface area contributed by atoms with Crippen LogP contribution in [-0.4, -0.2) is 39.1 Å². The molecule has 2 amide bonds. The summed E-state index contributed by atoms with van der Waals surface area (Å²) in [4.78, 5) is 26.8. The van der Waals surface area contributed by atoms with E-state index in [4.69, 9.17) is 5.10 Å². The van der Waals surface area contributed by atoms with Crippen LogP contribution in [0.4, 0.5) is 5.82 Å². The number of fused-ring (bicyclic) bond motifs is 1. The molecule has 2 heterocycles. The number of carbonyl (C=O) groups is 2. The Morgan fingerprint density at radius 1 is 1.23 bits per heavy atom. The van der Waals surface area contributed by atoms with Gasteiger partial charge in [0, 0.05) is 24.6 Å². The second-order valence-electron chi connectivity index (χ2n) is 7.40. The number of para-hydroxylation sites is 1. The van der Waals surface area contributed by atoms with Crippen LogP contribution in [0.2, 0.25) is 0 Å². The highest BCUT2D eigenvalue weighted by atomic mass is 16.2. The van der Waals surface area contributed by atoms with Crippen molar-refractivity contribution in [3.8, 4) is 5.69 Å². The number of aryl methyl sites for hydroxylation is 1. The molecular weight excluding hydrogens is 328 g/mol. The Bertz CT molecular complexity index is 841. The van der Waals surface area contributed by atoms with Gasteiger partial charge in [-0.2, -0.15) is 5.10 Å². The highest BCUT2D eigenvalue weighted by molar-refractivity contribution is 5.97. The van der Waals surface area contributed by atoms with Crippen molar-refractivity contribution in [2.45, 2.75) is 45.6 Å². The fourth-order valence-electron chi connectivity index (χ4n) is 3.90. The fourth-order valence-corrected chi connectivity index (χ4v) is 3.90. The Kier molecular flexibility index (Phi) is 4.26. The highest BCUT2D eigenvalue weighted by Crippen LogP contribution is 2.32. The third-order valence-electron chi connectivity index (χ3n) is 5.30. The third-order valence-corrected chi connectivity index (χ3v) is 5.30. The highest BCUT2D eigenvalue weighted by Gasteiger charge is 2.36. The monoisotopic (exact) mass is 352 g/mol. The minimum atomic E-state index is -0.305. The summed E-state index contributed by atoms with van der Waals surface area (Å²) in [5, 5.41) is 7.82. The predicted octanol–water partition coefficient (Wildman–Crippen LogP) is 2.56. The van der Waals surface area contributed by atoms with Crippen molar-refractivity contribution in [2.75, 3.05) is 11.9 Å². The first kappa shape index (κ1) is 16.8. The molecule has 0 radical (unpaired) electrons. The first-order chi connectivity index (χ1) is 12.5. The molecule has 6 nitrogen and oxygen atoms in total. The molecule has 1 aromatic carbocycles. The van der Waals surface area contributed by atoms with Gasteiger partial charge in [-0.05, 0) is 45.2 Å². The maximum Gasteiger partial charge on any atom is 0.230 e. The lowest BCUT2D eigenvalue weighted by Crippen LogP contribution is -2.33. The molecule has 1 fully saturated rings. The minimum absolute atomic E-state index is 0.0574. The molecule has 4 rings (SSSR count). The van der Waals surface area contributed by atoms with E-state index in [2.05, 4.69) is 5.32 Å². The van der Waals surface area contributed by atoms with Gasteiger partial charge in [0.05, 0.1) is 17.3 Å². The van der Waals surface area contributed by atoms with Crippen LogP contribution < -0.4 is 5.32 Å². The van der Waals surface area contributed by atoms with Crippen LogP contribution in [-0.2, 0) is 22.4 Å². The number of rotatable bonds is 4. The summed E-state index contributed by atoms with van der Waals surface area (Å²) < 4.78 is 1.83. The smallest absolute Gasteiger partial charge is 0.230 e. The van der Waals surface area contributed by atoms with Gasteiger partial charge in [0.25, 0.3) is 0 Å². The third kappa shape index (κ3) is 2.89. The Morgan fingerprint density at radius 3 is 2.69 bits per heavy atom. The van der Waals surface area contributed by atoms with E-state index in [9.17, 15) is 9.59 Å². The van der Waals surface area contributed by atoms with Crippen LogP contribution in [0.15, 0.2) is 30.3 Å². The number of aromatic nitrogens is 2. The van der Waals surface area contributed by atoms with Gasteiger partial charge in [0.2, 0.25) is 11.8 Å². The number of carbonyl (C=O) groups excluding carboxylic acids is 2. The van der Waals surface area contributed by atoms with E-state index in [1.165, 1.54) is 0 Å². The van der Waals surface area contributed by atoms with Crippen LogP contribution in [0.1, 0.15) is 37.9 Å². The standard InChI is InChI=1S/C20H24N4O2/c1-13(2)23-12-14(11-18(23)25)20(26)21-19-16-9-6-10-17(16)22-24(19)15-7-4-3-5-8-15/h3-5,7-8,13-14H,6,9-12H2,1-2H3,(H,21,26). The lowest BCUT2D eigenvalue weighted by molar-refractivity contribution is -0.129. The molecule has 1 aliphatic carbocycles. The number of likely N-dealkylation sites (tertiary alicyclic amines) is 1. The van der Waals surface area contributed by atoms with Crippen molar-refractivity contribution in [1.29, 1.82) is 0 Å². The van der Waals surface area contributed by atoms with E-state index in [0.717, 1.165) is 42.0 Å². The van der Waals surface area contributed by atoms with Gasteiger partial charge >= 0.3 is 0 Å². The molecule has 1 unspecified atom stereocenters. The van der Waals surface area contributed by atoms with Crippen molar-refractivity contribution in [2.24, 2.45) is 5.92 Å². The SMILES string of the molecule is CC(C)N1CC(C(=O)Nc2c3c(nn2-c2ccccc2)CCC3)CC1=O. The number of hydrogen-bond donors (Lipinski definition) is 1. The van der Waals surface area contributed by atoms with Gasteiger partial charge in [-0.15, -0.1) is 0 Å². The van der Waals surface area contributed by atoms with Crippen molar-refractivity contribution in [1.82, 2.24) is 14.7 Å². The van der Waals surface area contributed by atoms with Gasteiger partial charge in [0.15, 0.2) is 0 Å². The minimum Gasteiger partial charge on any atom is -0.339 e. The maximum absolute atomic E-state index is 12.9. The number of nitrogens with zero attached hydrogens (tertiary/aromatic N) is 3. The molecule has 0 spiro atoms. The van der Waals surface area contributed by atoms with E-state index >= 15 is 0 Å². The molecule has 2 aliphatic rings. The van der Waals surface area contributed by atoms with Crippen molar-refractivity contribution >= 4 is 17.6 Å². The summed E-state index contributed by atoms with van der Waals surface area (Å²) in [6.45, 7) is 4.45. The van der Waals surface area contributed by atoms with E-state index in [1.54, 1.807) is 4.90 Å². The Labute approximate surface area is 153 Å². The van der Waals surface area contributed by atoms with Gasteiger partial charge in [0.1, 0.15) is 5.82 Å². The number of hydrogen-bond acceptors (Lipinski definition) is 3.